The largest absolute Gasteiger partial charge is 0.502 e. The lowest BCUT2D eigenvalue weighted by atomic mass is 10.1. The predicted octanol–water partition coefficient (Wildman–Crippen LogP) is 1.78. The van der Waals surface area contributed by atoms with E-state index in [4.69, 9.17) is 0 Å². The minimum atomic E-state index is -1.00. The van der Waals surface area contributed by atoms with Gasteiger partial charge >= 0.3 is 5.97 Å². The molecule has 0 radical (unpaired) electrons. The highest BCUT2D eigenvalue weighted by Gasteiger charge is 2.13. The summed E-state index contributed by atoms with van der Waals surface area (Å²) in [5.74, 6) is -2.47. The van der Waals surface area contributed by atoms with Crippen LogP contribution in [0.25, 0.3) is 0 Å². The average Bonchev–Trinajstić information content (AvgIpc) is 2.38. The molecule has 0 amide bonds. The molecule has 0 saturated heterocycles. The van der Waals surface area contributed by atoms with Crippen molar-refractivity contribution in [3.63, 3.8) is 0 Å². The Kier molecular flexibility index (Phi) is 4.76. The highest BCUT2D eigenvalue weighted by atomic mass is 16.6. The minimum Gasteiger partial charge on any atom is -0.502 e. The minimum absolute atomic E-state index is 0.0719. The molecule has 0 bridgehead atoms. The first-order valence-corrected chi connectivity index (χ1v) is 5.32. The fourth-order valence-electron chi connectivity index (χ4n) is 1.22. The van der Waals surface area contributed by atoms with Crippen molar-refractivity contribution in [2.45, 2.75) is 6.92 Å². The number of nitro groups is 1. The van der Waals surface area contributed by atoms with Crippen LogP contribution < -0.4 is 0 Å². The topological polar surface area (TPSA) is 107 Å². The van der Waals surface area contributed by atoms with E-state index in [2.05, 4.69) is 4.74 Å². The summed E-state index contributed by atoms with van der Waals surface area (Å²) in [5, 5.41) is 19.7. The van der Waals surface area contributed by atoms with Gasteiger partial charge in [0.2, 0.25) is 5.76 Å². The van der Waals surface area contributed by atoms with Gasteiger partial charge in [-0.1, -0.05) is 0 Å². The summed E-state index contributed by atoms with van der Waals surface area (Å²) in [5.41, 5.74) is -0.0448. The lowest BCUT2D eigenvalue weighted by Crippen LogP contribution is -2.09. The molecule has 0 unspecified atom stereocenters. The molecule has 0 aliphatic carbocycles. The Hall–Kier alpha value is -2.70. The number of ketones is 1. The quantitative estimate of drug-likeness (QED) is 0.217. The Bertz CT molecular complexity index is 532. The zero-order valence-electron chi connectivity index (χ0n) is 10.0. The van der Waals surface area contributed by atoms with Gasteiger partial charge in [-0.2, -0.15) is 0 Å². The summed E-state index contributed by atoms with van der Waals surface area (Å²) in [6.07, 6.45) is 0.708. The van der Waals surface area contributed by atoms with Crippen molar-refractivity contribution in [3.8, 4) is 0 Å². The summed E-state index contributed by atoms with van der Waals surface area (Å²) in [7, 11) is 0. The van der Waals surface area contributed by atoms with E-state index in [1.54, 1.807) is 6.92 Å². The number of rotatable bonds is 5. The van der Waals surface area contributed by atoms with E-state index in [0.29, 0.717) is 6.08 Å². The van der Waals surface area contributed by atoms with Crippen molar-refractivity contribution in [3.05, 3.63) is 51.8 Å². The molecule has 0 atom stereocenters. The second-order valence-corrected chi connectivity index (χ2v) is 3.42. The van der Waals surface area contributed by atoms with Gasteiger partial charge in [0.25, 0.3) is 5.69 Å². The van der Waals surface area contributed by atoms with Crippen molar-refractivity contribution < 1.29 is 24.4 Å². The van der Waals surface area contributed by atoms with E-state index >= 15 is 0 Å². The number of carbonyl (C=O) groups excluding carboxylic acids is 2. The molecule has 0 aromatic heterocycles. The molecule has 0 aliphatic rings. The van der Waals surface area contributed by atoms with E-state index in [-0.39, 0.29) is 17.9 Å². The smallest absolute Gasteiger partial charge is 0.373 e. The van der Waals surface area contributed by atoms with Gasteiger partial charge in [-0.05, 0) is 19.1 Å². The Balaban J connectivity index is 2.86. The van der Waals surface area contributed by atoms with E-state index in [1.165, 1.54) is 12.1 Å². The Morgan fingerprint density at radius 1 is 1.37 bits per heavy atom. The van der Waals surface area contributed by atoms with Gasteiger partial charge in [0, 0.05) is 23.8 Å². The van der Waals surface area contributed by atoms with E-state index in [0.717, 1.165) is 12.1 Å². The van der Waals surface area contributed by atoms with Crippen LogP contribution in [0.1, 0.15) is 17.3 Å². The number of allylic oxidation sites excluding steroid dienone is 1. The van der Waals surface area contributed by atoms with Crippen molar-refractivity contribution >= 4 is 17.4 Å². The number of aliphatic hydroxyl groups excluding tert-OH is 1. The fraction of sp³-hybridized carbons (Fsp3) is 0.167. The van der Waals surface area contributed by atoms with Crippen LogP contribution in [0.4, 0.5) is 5.69 Å². The molecule has 7 nitrogen and oxygen atoms in total. The maximum absolute atomic E-state index is 11.6. The van der Waals surface area contributed by atoms with Gasteiger partial charge in [-0.25, -0.2) is 4.79 Å². The summed E-state index contributed by atoms with van der Waals surface area (Å²) >= 11 is 0. The van der Waals surface area contributed by atoms with Crippen molar-refractivity contribution in [2.75, 3.05) is 6.61 Å². The van der Waals surface area contributed by atoms with Crippen LogP contribution in [-0.4, -0.2) is 28.4 Å². The second-order valence-electron chi connectivity index (χ2n) is 3.42. The first kappa shape index (κ1) is 14.4. The number of nitrogens with zero attached hydrogens (tertiary/aromatic N) is 1. The van der Waals surface area contributed by atoms with Gasteiger partial charge < -0.3 is 9.84 Å². The summed E-state index contributed by atoms with van der Waals surface area (Å²) in [4.78, 5) is 32.5. The van der Waals surface area contributed by atoms with E-state index in [9.17, 15) is 24.8 Å². The lowest BCUT2D eigenvalue weighted by Gasteiger charge is -2.00. The van der Waals surface area contributed by atoms with Gasteiger partial charge in [-0.3, -0.25) is 14.9 Å². The first-order chi connectivity index (χ1) is 8.95. The lowest BCUT2D eigenvalue weighted by molar-refractivity contribution is -0.384. The molecular weight excluding hydrogens is 254 g/mol. The monoisotopic (exact) mass is 265 g/mol. The van der Waals surface area contributed by atoms with Crippen molar-refractivity contribution in [1.29, 1.82) is 0 Å². The molecule has 7 heteroatoms. The molecule has 1 aromatic rings. The first-order valence-electron chi connectivity index (χ1n) is 5.32. The zero-order valence-corrected chi connectivity index (χ0v) is 10.0. The van der Waals surface area contributed by atoms with Crippen LogP contribution in [0.5, 0.6) is 0 Å². The summed E-state index contributed by atoms with van der Waals surface area (Å²) in [6, 6.07) is 4.77. The molecule has 100 valence electrons. The number of hydrogen-bond acceptors (Lipinski definition) is 6. The van der Waals surface area contributed by atoms with E-state index in [1.807, 2.05) is 0 Å². The second kappa shape index (κ2) is 6.29. The zero-order chi connectivity index (χ0) is 14.4. The number of hydrogen-bond donors (Lipinski definition) is 1. The Morgan fingerprint density at radius 2 is 1.95 bits per heavy atom. The fourth-order valence-corrected chi connectivity index (χ4v) is 1.22. The van der Waals surface area contributed by atoms with Crippen LogP contribution in [0.15, 0.2) is 36.1 Å². The number of carbonyl (C=O) groups is 2. The number of nitro benzene ring substituents is 1. The number of ether oxygens (including phenoxy) is 1. The van der Waals surface area contributed by atoms with Crippen LogP contribution >= 0.6 is 0 Å². The Morgan fingerprint density at radius 3 is 2.42 bits per heavy atom. The van der Waals surface area contributed by atoms with Gasteiger partial charge in [0.05, 0.1) is 11.5 Å². The van der Waals surface area contributed by atoms with Gasteiger partial charge in [0.1, 0.15) is 0 Å². The molecule has 0 aliphatic heterocycles. The third-order valence-corrected chi connectivity index (χ3v) is 2.12. The molecule has 1 N–H and O–H groups in total. The highest BCUT2D eigenvalue weighted by molar-refractivity contribution is 6.08. The Labute approximate surface area is 108 Å². The number of aliphatic hydroxyl groups is 1. The molecule has 0 saturated carbocycles. The number of non-ortho nitro benzene ring substituents is 1. The average molecular weight is 265 g/mol. The summed E-state index contributed by atoms with van der Waals surface area (Å²) < 4.78 is 4.49. The molecule has 0 fully saturated rings. The van der Waals surface area contributed by atoms with Gasteiger partial charge in [-0.15, -0.1) is 0 Å². The van der Waals surface area contributed by atoms with Crippen LogP contribution in [0.3, 0.4) is 0 Å². The normalized spacial score (nSPS) is 10.9. The molecule has 0 heterocycles. The maximum atomic E-state index is 11.6. The third-order valence-electron chi connectivity index (χ3n) is 2.12. The predicted molar refractivity (Wildman–Crippen MR) is 64.8 cm³/mol. The summed E-state index contributed by atoms with van der Waals surface area (Å²) in [6.45, 7) is 1.63. The molecular formula is C12H11NO6. The molecule has 0 spiro atoms. The maximum Gasteiger partial charge on any atom is 0.373 e. The third kappa shape index (κ3) is 3.91. The van der Waals surface area contributed by atoms with Crippen molar-refractivity contribution in [2.24, 2.45) is 0 Å². The molecule has 19 heavy (non-hydrogen) atoms. The molecule has 1 aromatic carbocycles. The SMILES string of the molecule is CCOC(=O)/C(O)=C/C(=O)c1ccc([N+](=O)[O-])cc1. The standard InChI is InChI=1S/C12H11NO6/c1-2-19-12(16)11(15)7-10(14)8-3-5-9(6-4-8)13(17)18/h3-7,15H,2H2,1H3/b11-7-. The number of esters is 1. The van der Waals surface area contributed by atoms with Crippen molar-refractivity contribution in [1.82, 2.24) is 0 Å². The number of benzene rings is 1. The molecule has 1 rings (SSSR count). The van der Waals surface area contributed by atoms with Crippen LogP contribution in [0.2, 0.25) is 0 Å². The van der Waals surface area contributed by atoms with Crippen LogP contribution in [0, 0.1) is 10.1 Å². The van der Waals surface area contributed by atoms with Gasteiger partial charge in [0.15, 0.2) is 5.78 Å². The van der Waals surface area contributed by atoms with Crippen LogP contribution in [-0.2, 0) is 9.53 Å². The highest BCUT2D eigenvalue weighted by Crippen LogP contribution is 2.13. The van der Waals surface area contributed by atoms with E-state index < -0.39 is 22.4 Å².